The Kier molecular flexibility index (Phi) is 3.30. The molecule has 0 aliphatic heterocycles. The first-order valence-corrected chi connectivity index (χ1v) is 9.77. The van der Waals surface area contributed by atoms with Crippen LogP contribution in [-0.4, -0.2) is 4.40 Å². The van der Waals surface area contributed by atoms with Crippen molar-refractivity contribution < 1.29 is 0 Å². The number of pyridine rings is 1. The van der Waals surface area contributed by atoms with Gasteiger partial charge in [-0.05, 0) is 46.9 Å². The minimum Gasteiger partial charge on any atom is -0.316 e. The second kappa shape index (κ2) is 5.97. The van der Waals surface area contributed by atoms with Gasteiger partial charge in [-0.1, -0.05) is 78.9 Å². The summed E-state index contributed by atoms with van der Waals surface area (Å²) in [5, 5.41) is 3.97. The van der Waals surface area contributed by atoms with E-state index in [1.165, 1.54) is 49.4 Å². The molecule has 28 heavy (non-hydrogen) atoms. The third kappa shape index (κ3) is 2.13. The molecule has 6 rings (SSSR count). The number of benzene rings is 3. The van der Waals surface area contributed by atoms with Crippen molar-refractivity contribution in [3.63, 3.8) is 0 Å². The molecule has 0 fully saturated rings. The van der Waals surface area contributed by atoms with E-state index >= 15 is 0 Å². The standard InChI is InChI=1S/C27H19N/c1-2-4-13-25-23-16-15-20-18-19-10-5-6-11-21(19)26(20)27(23)22-12-7-8-14-24(22)28(25)17-9-3-1/h1-17H,18H2. The van der Waals surface area contributed by atoms with Crippen LogP contribution in [0, 0.1) is 0 Å². The Hall–Kier alpha value is -3.58. The predicted molar refractivity (Wildman–Crippen MR) is 118 cm³/mol. The number of hydrogen-bond acceptors (Lipinski definition) is 0. The van der Waals surface area contributed by atoms with Gasteiger partial charge in [0.1, 0.15) is 0 Å². The molecule has 0 unspecified atom stereocenters. The number of aromatic nitrogens is 1. The van der Waals surface area contributed by atoms with Gasteiger partial charge in [-0.15, -0.1) is 0 Å². The first-order chi connectivity index (χ1) is 13.9. The van der Waals surface area contributed by atoms with Gasteiger partial charge in [-0.3, -0.25) is 0 Å². The summed E-state index contributed by atoms with van der Waals surface area (Å²) in [6.45, 7) is 0. The van der Waals surface area contributed by atoms with E-state index in [4.69, 9.17) is 0 Å². The Balaban J connectivity index is 1.93. The maximum Gasteiger partial charge on any atom is 0.0534 e. The first kappa shape index (κ1) is 15.5. The zero-order valence-corrected chi connectivity index (χ0v) is 15.5. The van der Waals surface area contributed by atoms with Crippen molar-refractivity contribution in [1.82, 2.24) is 4.40 Å². The molecule has 1 nitrogen and oxygen atoms in total. The topological polar surface area (TPSA) is 4.41 Å². The molecule has 0 radical (unpaired) electrons. The Morgan fingerprint density at radius 1 is 0.536 bits per heavy atom. The number of para-hydroxylation sites is 1. The lowest BCUT2D eigenvalue weighted by Crippen LogP contribution is -1.93. The smallest absolute Gasteiger partial charge is 0.0534 e. The first-order valence-electron chi connectivity index (χ1n) is 9.77. The lowest BCUT2D eigenvalue weighted by molar-refractivity contribution is 1.25. The summed E-state index contributed by atoms with van der Waals surface area (Å²) >= 11 is 0. The van der Waals surface area contributed by atoms with Gasteiger partial charge in [0.25, 0.3) is 0 Å². The Morgan fingerprint density at radius 2 is 1.21 bits per heavy atom. The molecular formula is C27H19N. The Labute approximate surface area is 163 Å². The van der Waals surface area contributed by atoms with Crippen molar-refractivity contribution in [2.75, 3.05) is 0 Å². The van der Waals surface area contributed by atoms with E-state index in [1.807, 2.05) is 0 Å². The van der Waals surface area contributed by atoms with Crippen LogP contribution < -0.4 is 0 Å². The lowest BCUT2D eigenvalue weighted by Gasteiger charge is -2.14. The van der Waals surface area contributed by atoms with Crippen LogP contribution in [0.15, 0.2) is 103 Å². The van der Waals surface area contributed by atoms with E-state index in [-0.39, 0.29) is 0 Å². The van der Waals surface area contributed by atoms with Crippen LogP contribution in [0.25, 0.3) is 38.3 Å². The summed E-state index contributed by atoms with van der Waals surface area (Å²) in [4.78, 5) is 0. The number of rotatable bonds is 0. The lowest BCUT2D eigenvalue weighted by atomic mass is 9.94. The van der Waals surface area contributed by atoms with Crippen molar-refractivity contribution >= 4 is 27.2 Å². The normalized spacial score (nSPS) is 12.1. The molecule has 0 atom stereocenters. The van der Waals surface area contributed by atoms with E-state index in [0.717, 1.165) is 6.42 Å². The van der Waals surface area contributed by atoms with Crippen LogP contribution >= 0.6 is 0 Å². The van der Waals surface area contributed by atoms with Gasteiger partial charge in [-0.25, -0.2) is 0 Å². The van der Waals surface area contributed by atoms with Crippen molar-refractivity contribution in [2.45, 2.75) is 6.42 Å². The van der Waals surface area contributed by atoms with Gasteiger partial charge < -0.3 is 4.40 Å². The highest BCUT2D eigenvalue weighted by Crippen LogP contribution is 2.44. The molecule has 3 aromatic carbocycles. The second-order valence-electron chi connectivity index (χ2n) is 7.41. The van der Waals surface area contributed by atoms with Crippen molar-refractivity contribution in [1.29, 1.82) is 0 Å². The van der Waals surface area contributed by atoms with Crippen LogP contribution in [0.1, 0.15) is 11.1 Å². The zero-order chi connectivity index (χ0) is 18.5. The minimum absolute atomic E-state index is 1.02. The molecule has 0 saturated heterocycles. The van der Waals surface area contributed by atoms with Crippen molar-refractivity contribution in [3.05, 3.63) is 114 Å². The van der Waals surface area contributed by atoms with Crippen molar-refractivity contribution in [2.24, 2.45) is 0 Å². The quantitative estimate of drug-likeness (QED) is 0.259. The van der Waals surface area contributed by atoms with Gasteiger partial charge in [0.05, 0.1) is 11.0 Å². The molecule has 0 bridgehead atoms. The van der Waals surface area contributed by atoms with Crippen LogP contribution in [0.2, 0.25) is 0 Å². The van der Waals surface area contributed by atoms with Crippen LogP contribution in [0.3, 0.4) is 0 Å². The summed E-state index contributed by atoms with van der Waals surface area (Å²) in [5.41, 5.74) is 8.11. The fourth-order valence-corrected chi connectivity index (χ4v) is 4.68. The van der Waals surface area contributed by atoms with Gasteiger partial charge in [0.15, 0.2) is 0 Å². The molecular weight excluding hydrogens is 338 g/mol. The van der Waals surface area contributed by atoms with Gasteiger partial charge in [0, 0.05) is 22.4 Å². The van der Waals surface area contributed by atoms with Gasteiger partial charge >= 0.3 is 0 Å². The van der Waals surface area contributed by atoms with E-state index in [9.17, 15) is 0 Å². The minimum atomic E-state index is 1.02. The second-order valence-corrected chi connectivity index (χ2v) is 7.41. The summed E-state index contributed by atoms with van der Waals surface area (Å²) in [6, 6.07) is 34.9. The molecule has 0 N–H and O–H groups in total. The fourth-order valence-electron chi connectivity index (χ4n) is 4.68. The molecule has 1 aliphatic rings. The summed E-state index contributed by atoms with van der Waals surface area (Å²) in [7, 11) is 0. The Morgan fingerprint density at radius 3 is 2.14 bits per heavy atom. The van der Waals surface area contributed by atoms with E-state index < -0.39 is 0 Å². The Bertz CT molecular complexity index is 1440. The molecule has 2 heterocycles. The van der Waals surface area contributed by atoms with Crippen molar-refractivity contribution in [3.8, 4) is 11.1 Å². The maximum atomic E-state index is 2.32. The summed E-state index contributed by atoms with van der Waals surface area (Å²) < 4.78 is 2.31. The van der Waals surface area contributed by atoms with Crippen LogP contribution in [0.5, 0.6) is 0 Å². The average Bonchev–Trinajstić information content (AvgIpc) is 3.17. The van der Waals surface area contributed by atoms with Gasteiger partial charge in [0.2, 0.25) is 0 Å². The predicted octanol–water partition coefficient (Wildman–Crippen LogP) is 6.94. The molecule has 132 valence electrons. The highest BCUT2D eigenvalue weighted by Gasteiger charge is 2.22. The van der Waals surface area contributed by atoms with Crippen LogP contribution in [0.4, 0.5) is 0 Å². The third-order valence-corrected chi connectivity index (χ3v) is 5.86. The highest BCUT2D eigenvalue weighted by molar-refractivity contribution is 6.19. The van der Waals surface area contributed by atoms with Gasteiger partial charge in [-0.2, -0.15) is 0 Å². The third-order valence-electron chi connectivity index (χ3n) is 5.86. The molecule has 0 spiro atoms. The molecule has 1 aliphatic carbocycles. The highest BCUT2D eigenvalue weighted by atomic mass is 14.9. The molecule has 2 aromatic heterocycles. The molecule has 5 aromatic rings. The van der Waals surface area contributed by atoms with E-state index in [0.29, 0.717) is 0 Å². The van der Waals surface area contributed by atoms with E-state index in [1.54, 1.807) is 0 Å². The SMILES string of the molecule is c1cccc2c3ccc4c(c3c3ccccc3n2ccc1)-c1ccccc1C4. The maximum absolute atomic E-state index is 2.32. The number of nitrogens with zero attached hydrogens (tertiary/aromatic N) is 1. The molecule has 1 heteroatoms. The average molecular weight is 357 g/mol. The van der Waals surface area contributed by atoms with E-state index in [2.05, 4.69) is 108 Å². The fraction of sp³-hybridized carbons (Fsp3) is 0.0370. The zero-order valence-electron chi connectivity index (χ0n) is 15.5. The summed E-state index contributed by atoms with van der Waals surface area (Å²) in [6.07, 6.45) is 3.19. The molecule has 0 saturated carbocycles. The number of fused-ring (bicyclic) bond motifs is 10. The monoisotopic (exact) mass is 357 g/mol. The van der Waals surface area contributed by atoms with Crippen LogP contribution in [-0.2, 0) is 6.42 Å². The number of hydrogen-bond donors (Lipinski definition) is 0. The summed E-state index contributed by atoms with van der Waals surface area (Å²) in [5.74, 6) is 0. The molecule has 0 amide bonds. The largest absolute Gasteiger partial charge is 0.316 e.